The molecule has 1 N–H and O–H groups in total. The Labute approximate surface area is 203 Å². The molecule has 2 saturated heterocycles. The third-order valence-corrected chi connectivity index (χ3v) is 7.56. The van der Waals surface area contributed by atoms with Crippen molar-refractivity contribution in [1.82, 2.24) is 9.80 Å². The van der Waals surface area contributed by atoms with Gasteiger partial charge in [0.2, 0.25) is 5.91 Å². The lowest BCUT2D eigenvalue weighted by molar-refractivity contribution is -0.135. The van der Waals surface area contributed by atoms with Gasteiger partial charge in [0.1, 0.15) is 5.25 Å². The number of likely N-dealkylation sites (tertiary alicyclic amines) is 2. The molecule has 34 heavy (non-hydrogen) atoms. The van der Waals surface area contributed by atoms with Crippen LogP contribution in [0.15, 0.2) is 29.3 Å². The van der Waals surface area contributed by atoms with E-state index in [-0.39, 0.29) is 30.7 Å². The minimum absolute atomic E-state index is 0.0333. The lowest BCUT2D eigenvalue weighted by Crippen LogP contribution is -2.40. The number of hydrogen-bond donors (Lipinski definition) is 1. The van der Waals surface area contributed by atoms with Crippen LogP contribution in [0.1, 0.15) is 49.4 Å². The number of amides is 3. The predicted molar refractivity (Wildman–Crippen MR) is 130 cm³/mol. The first-order valence-electron chi connectivity index (χ1n) is 11.8. The number of anilines is 1. The van der Waals surface area contributed by atoms with E-state index in [1.807, 2.05) is 0 Å². The SMILES string of the molecule is CC1CCN(C(=O)COC(=O)c2ccc(NC(=O)CC3SC(N4CCCC4)=NC3=O)cc2)CC1. The molecule has 1 aromatic rings. The molecule has 3 aliphatic heterocycles. The first-order chi connectivity index (χ1) is 16.4. The monoisotopic (exact) mass is 486 g/mol. The molecule has 10 heteroatoms. The van der Waals surface area contributed by atoms with Crippen molar-refractivity contribution in [2.24, 2.45) is 10.9 Å². The lowest BCUT2D eigenvalue weighted by Gasteiger charge is -2.30. The average Bonchev–Trinajstić information content (AvgIpc) is 3.48. The van der Waals surface area contributed by atoms with Gasteiger partial charge in [0.25, 0.3) is 11.8 Å². The Morgan fingerprint density at radius 2 is 1.76 bits per heavy atom. The first kappa shape index (κ1) is 24.3. The van der Waals surface area contributed by atoms with Gasteiger partial charge in [-0.05, 0) is 55.9 Å². The Morgan fingerprint density at radius 3 is 2.44 bits per heavy atom. The maximum Gasteiger partial charge on any atom is 0.338 e. The first-order valence-corrected chi connectivity index (χ1v) is 12.7. The van der Waals surface area contributed by atoms with Crippen LogP contribution < -0.4 is 5.32 Å². The van der Waals surface area contributed by atoms with Gasteiger partial charge in [0.05, 0.1) is 5.56 Å². The molecule has 2 fully saturated rings. The van der Waals surface area contributed by atoms with Crippen LogP contribution in [0.25, 0.3) is 0 Å². The van der Waals surface area contributed by atoms with Gasteiger partial charge in [0.15, 0.2) is 11.8 Å². The molecule has 3 aliphatic rings. The molecule has 3 heterocycles. The van der Waals surface area contributed by atoms with Gasteiger partial charge in [0, 0.05) is 38.3 Å². The molecule has 0 radical (unpaired) electrons. The Morgan fingerprint density at radius 1 is 1.09 bits per heavy atom. The number of esters is 1. The molecule has 182 valence electrons. The normalized spacial score (nSPS) is 20.9. The zero-order chi connectivity index (χ0) is 24.1. The Bertz CT molecular complexity index is 966. The summed E-state index contributed by atoms with van der Waals surface area (Å²) >= 11 is 1.35. The maximum atomic E-state index is 12.4. The fourth-order valence-electron chi connectivity index (χ4n) is 4.18. The van der Waals surface area contributed by atoms with E-state index in [1.165, 1.54) is 23.9 Å². The molecular formula is C24H30N4O5S. The highest BCUT2D eigenvalue weighted by atomic mass is 32.2. The Hall–Kier alpha value is -2.88. The largest absolute Gasteiger partial charge is 0.452 e. The van der Waals surface area contributed by atoms with Crippen molar-refractivity contribution in [2.45, 2.75) is 44.3 Å². The molecule has 0 spiro atoms. The van der Waals surface area contributed by atoms with E-state index >= 15 is 0 Å². The van der Waals surface area contributed by atoms with E-state index < -0.39 is 11.2 Å². The van der Waals surface area contributed by atoms with Crippen molar-refractivity contribution >= 4 is 46.3 Å². The third-order valence-electron chi connectivity index (χ3n) is 6.34. The zero-order valence-corrected chi connectivity index (χ0v) is 20.1. The van der Waals surface area contributed by atoms with Gasteiger partial charge in [-0.3, -0.25) is 14.4 Å². The summed E-state index contributed by atoms with van der Waals surface area (Å²) in [5.41, 5.74) is 0.805. The standard InChI is InChI=1S/C24H30N4O5S/c1-16-8-12-27(13-9-16)21(30)15-33-23(32)17-4-6-18(7-5-17)25-20(29)14-19-22(31)26-24(34-19)28-10-2-3-11-28/h4-7,16,19H,2-3,8-15H2,1H3,(H,25,29). The minimum Gasteiger partial charge on any atom is -0.452 e. The van der Waals surface area contributed by atoms with Crippen LogP contribution in [0.3, 0.4) is 0 Å². The number of nitrogens with zero attached hydrogens (tertiary/aromatic N) is 3. The number of rotatable bonds is 6. The molecule has 0 aliphatic carbocycles. The molecule has 1 atom stereocenters. The number of thioether (sulfide) groups is 1. The third kappa shape index (κ3) is 6.16. The number of carbonyl (C=O) groups excluding carboxylic acids is 4. The summed E-state index contributed by atoms with van der Waals surface area (Å²) in [5, 5.41) is 2.96. The van der Waals surface area contributed by atoms with Crippen molar-refractivity contribution < 1.29 is 23.9 Å². The maximum absolute atomic E-state index is 12.4. The number of benzene rings is 1. The van der Waals surface area contributed by atoms with Crippen molar-refractivity contribution in [3.63, 3.8) is 0 Å². The lowest BCUT2D eigenvalue weighted by atomic mass is 9.99. The number of piperidine rings is 1. The second kappa shape index (κ2) is 11.0. The molecule has 0 aromatic heterocycles. The highest BCUT2D eigenvalue weighted by Gasteiger charge is 2.33. The van der Waals surface area contributed by atoms with E-state index in [9.17, 15) is 19.2 Å². The quantitative estimate of drug-likeness (QED) is 0.616. The molecular weight excluding hydrogens is 456 g/mol. The van der Waals surface area contributed by atoms with Gasteiger partial charge in [-0.15, -0.1) is 0 Å². The van der Waals surface area contributed by atoms with Crippen molar-refractivity contribution in [3.8, 4) is 0 Å². The van der Waals surface area contributed by atoms with Gasteiger partial charge in [-0.1, -0.05) is 18.7 Å². The van der Waals surface area contributed by atoms with Crippen molar-refractivity contribution in [3.05, 3.63) is 29.8 Å². The average molecular weight is 487 g/mol. The molecule has 4 rings (SSSR count). The van der Waals surface area contributed by atoms with Crippen molar-refractivity contribution in [1.29, 1.82) is 0 Å². The van der Waals surface area contributed by atoms with Gasteiger partial charge < -0.3 is 19.9 Å². The topological polar surface area (TPSA) is 108 Å². The minimum atomic E-state index is -0.587. The number of ether oxygens (including phenoxy) is 1. The van der Waals surface area contributed by atoms with Crippen LogP contribution in [-0.4, -0.2) is 76.7 Å². The van der Waals surface area contributed by atoms with E-state index in [1.54, 1.807) is 17.0 Å². The van der Waals surface area contributed by atoms with E-state index in [2.05, 4.69) is 22.1 Å². The van der Waals surface area contributed by atoms with Crippen LogP contribution in [0.4, 0.5) is 5.69 Å². The molecule has 3 amide bonds. The van der Waals surface area contributed by atoms with Crippen LogP contribution in [0, 0.1) is 5.92 Å². The Kier molecular flexibility index (Phi) is 7.87. The fourth-order valence-corrected chi connectivity index (χ4v) is 5.30. The van der Waals surface area contributed by atoms with Crippen LogP contribution in [-0.2, 0) is 19.1 Å². The van der Waals surface area contributed by atoms with E-state index in [4.69, 9.17) is 4.74 Å². The number of hydrogen-bond acceptors (Lipinski definition) is 7. The molecule has 1 aromatic carbocycles. The summed E-state index contributed by atoms with van der Waals surface area (Å²) < 4.78 is 5.17. The molecule has 1 unspecified atom stereocenters. The summed E-state index contributed by atoms with van der Waals surface area (Å²) in [6, 6.07) is 6.26. The second-order valence-corrected chi connectivity index (χ2v) is 10.2. The molecule has 0 bridgehead atoms. The van der Waals surface area contributed by atoms with Crippen LogP contribution in [0.5, 0.6) is 0 Å². The zero-order valence-electron chi connectivity index (χ0n) is 19.3. The fraction of sp³-hybridized carbons (Fsp3) is 0.542. The van der Waals surface area contributed by atoms with Crippen molar-refractivity contribution in [2.75, 3.05) is 38.1 Å². The van der Waals surface area contributed by atoms with Crippen LogP contribution >= 0.6 is 11.8 Å². The summed E-state index contributed by atoms with van der Waals surface area (Å²) in [6.07, 6.45) is 4.15. The summed E-state index contributed by atoms with van der Waals surface area (Å²) in [7, 11) is 0. The number of carbonyl (C=O) groups is 4. The summed E-state index contributed by atoms with van der Waals surface area (Å²) in [4.78, 5) is 57.1. The van der Waals surface area contributed by atoms with E-state index in [0.717, 1.165) is 43.9 Å². The number of amidine groups is 1. The smallest absolute Gasteiger partial charge is 0.338 e. The van der Waals surface area contributed by atoms with Gasteiger partial charge in [-0.2, -0.15) is 4.99 Å². The Balaban J connectivity index is 1.21. The summed E-state index contributed by atoms with van der Waals surface area (Å²) in [5.74, 6) is -0.713. The highest BCUT2D eigenvalue weighted by molar-refractivity contribution is 8.15. The number of nitrogens with one attached hydrogen (secondary N) is 1. The molecule has 0 saturated carbocycles. The highest BCUT2D eigenvalue weighted by Crippen LogP contribution is 2.29. The number of aliphatic imine (C=N–C) groups is 1. The van der Waals surface area contributed by atoms with Gasteiger partial charge >= 0.3 is 5.97 Å². The summed E-state index contributed by atoms with van der Waals surface area (Å²) in [6.45, 7) is 5.09. The van der Waals surface area contributed by atoms with Crippen LogP contribution in [0.2, 0.25) is 0 Å². The van der Waals surface area contributed by atoms with E-state index in [0.29, 0.717) is 30.3 Å². The predicted octanol–water partition coefficient (Wildman–Crippen LogP) is 2.52. The van der Waals surface area contributed by atoms with Gasteiger partial charge in [-0.25, -0.2) is 4.79 Å². The molecule has 9 nitrogen and oxygen atoms in total. The second-order valence-electron chi connectivity index (χ2n) is 9.00.